The van der Waals surface area contributed by atoms with Gasteiger partial charge in [-0.3, -0.25) is 14.3 Å². The molecule has 1 aromatic carbocycles. The first-order valence-corrected chi connectivity index (χ1v) is 10.0. The molecule has 0 aliphatic heterocycles. The van der Waals surface area contributed by atoms with Crippen molar-refractivity contribution in [3.8, 4) is 5.69 Å². The number of carbonyl (C=O) groups excluding carboxylic acids is 2. The monoisotopic (exact) mass is 408 g/mol. The van der Waals surface area contributed by atoms with E-state index in [4.69, 9.17) is 0 Å². The predicted molar refractivity (Wildman–Crippen MR) is 117 cm³/mol. The second kappa shape index (κ2) is 8.52. The summed E-state index contributed by atoms with van der Waals surface area (Å²) in [5.74, 6) is -0.270. The van der Waals surface area contributed by atoms with E-state index in [0.29, 0.717) is 11.5 Å². The number of hydrogen-bond donors (Lipinski definition) is 2. The lowest BCUT2D eigenvalue weighted by atomic mass is 10.2. The van der Waals surface area contributed by atoms with E-state index in [0.717, 1.165) is 17.1 Å². The first-order chi connectivity index (χ1) is 14.2. The van der Waals surface area contributed by atoms with Crippen molar-refractivity contribution in [2.45, 2.75) is 47.6 Å². The normalized spacial score (nSPS) is 11.2. The number of rotatable bonds is 6. The molecule has 0 spiro atoms. The maximum absolute atomic E-state index is 13.0. The van der Waals surface area contributed by atoms with Gasteiger partial charge in [0.1, 0.15) is 5.82 Å². The molecule has 0 atom stereocenters. The molecule has 3 rings (SSSR count). The fraction of sp³-hybridized carbons (Fsp3) is 0.364. The summed E-state index contributed by atoms with van der Waals surface area (Å²) in [6.07, 6.45) is 0. The van der Waals surface area contributed by atoms with Gasteiger partial charge in [-0.2, -0.15) is 10.2 Å². The van der Waals surface area contributed by atoms with Gasteiger partial charge in [-0.05, 0) is 39.8 Å². The largest absolute Gasteiger partial charge is 0.317 e. The summed E-state index contributed by atoms with van der Waals surface area (Å²) >= 11 is 0. The van der Waals surface area contributed by atoms with Crippen LogP contribution in [0.15, 0.2) is 36.4 Å². The predicted octanol–water partition coefficient (Wildman–Crippen LogP) is 4.11. The first kappa shape index (κ1) is 21.3. The standard InChI is InChI=1S/C22H28N6O2/c1-13(2)21(29)23-19-12-18(26-28(19)17-10-8-7-9-11-17)22(30)24-20-15(5)25-27(14(3)4)16(20)6/h7-14H,1-6H3,(H,23,29)(H,24,30). The molecule has 30 heavy (non-hydrogen) atoms. The molecule has 2 N–H and O–H groups in total. The van der Waals surface area contributed by atoms with Crippen LogP contribution >= 0.6 is 0 Å². The summed E-state index contributed by atoms with van der Waals surface area (Å²) in [6.45, 7) is 11.5. The molecule has 0 unspecified atom stereocenters. The maximum atomic E-state index is 13.0. The molecular weight excluding hydrogens is 380 g/mol. The van der Waals surface area contributed by atoms with Crippen LogP contribution < -0.4 is 10.6 Å². The third-order valence-electron chi connectivity index (χ3n) is 4.77. The van der Waals surface area contributed by atoms with Gasteiger partial charge in [-0.15, -0.1) is 0 Å². The van der Waals surface area contributed by atoms with Crippen molar-refractivity contribution in [3.63, 3.8) is 0 Å². The number of nitrogens with one attached hydrogen (secondary N) is 2. The Kier molecular flexibility index (Phi) is 6.05. The molecular formula is C22H28N6O2. The molecule has 0 saturated carbocycles. The molecule has 0 radical (unpaired) electrons. The number of amides is 2. The molecule has 2 heterocycles. The van der Waals surface area contributed by atoms with E-state index in [1.807, 2.05) is 76.6 Å². The highest BCUT2D eigenvalue weighted by molar-refractivity contribution is 6.04. The van der Waals surface area contributed by atoms with E-state index in [1.54, 1.807) is 10.7 Å². The molecule has 158 valence electrons. The number of aromatic nitrogens is 4. The number of hydrogen-bond acceptors (Lipinski definition) is 4. The van der Waals surface area contributed by atoms with Crippen molar-refractivity contribution >= 4 is 23.3 Å². The Morgan fingerprint density at radius 3 is 2.20 bits per heavy atom. The minimum absolute atomic E-state index is 0.149. The van der Waals surface area contributed by atoms with Crippen LogP contribution in [0.25, 0.3) is 5.69 Å². The Hall–Kier alpha value is -3.42. The minimum Gasteiger partial charge on any atom is -0.317 e. The fourth-order valence-corrected chi connectivity index (χ4v) is 3.14. The second-order valence-electron chi connectivity index (χ2n) is 7.84. The van der Waals surface area contributed by atoms with Crippen molar-refractivity contribution in [2.75, 3.05) is 10.6 Å². The van der Waals surface area contributed by atoms with Gasteiger partial charge in [0.15, 0.2) is 5.69 Å². The highest BCUT2D eigenvalue weighted by atomic mass is 16.2. The van der Waals surface area contributed by atoms with E-state index in [9.17, 15) is 9.59 Å². The molecule has 8 nitrogen and oxygen atoms in total. The molecule has 0 aliphatic rings. The van der Waals surface area contributed by atoms with Crippen LogP contribution in [0.3, 0.4) is 0 Å². The van der Waals surface area contributed by atoms with E-state index < -0.39 is 0 Å². The fourth-order valence-electron chi connectivity index (χ4n) is 3.14. The molecule has 0 aliphatic carbocycles. The topological polar surface area (TPSA) is 93.8 Å². The van der Waals surface area contributed by atoms with Crippen LogP contribution in [-0.4, -0.2) is 31.4 Å². The number of para-hydroxylation sites is 1. The van der Waals surface area contributed by atoms with Gasteiger partial charge in [0.2, 0.25) is 5.91 Å². The molecule has 0 fully saturated rings. The lowest BCUT2D eigenvalue weighted by Crippen LogP contribution is -2.19. The van der Waals surface area contributed by atoms with E-state index in [-0.39, 0.29) is 29.5 Å². The molecule has 2 amide bonds. The SMILES string of the molecule is Cc1nn(C(C)C)c(C)c1NC(=O)c1cc(NC(=O)C(C)C)n(-c2ccccc2)n1. The van der Waals surface area contributed by atoms with E-state index >= 15 is 0 Å². The van der Waals surface area contributed by atoms with Crippen molar-refractivity contribution in [3.05, 3.63) is 53.5 Å². The van der Waals surface area contributed by atoms with Gasteiger partial charge in [0, 0.05) is 18.0 Å². The number of carbonyl (C=O) groups is 2. The number of aryl methyl sites for hydroxylation is 1. The zero-order valence-corrected chi connectivity index (χ0v) is 18.2. The lowest BCUT2D eigenvalue weighted by Gasteiger charge is -2.10. The van der Waals surface area contributed by atoms with Crippen molar-refractivity contribution < 1.29 is 9.59 Å². The Morgan fingerprint density at radius 1 is 0.967 bits per heavy atom. The van der Waals surface area contributed by atoms with Crippen LogP contribution in [0, 0.1) is 19.8 Å². The van der Waals surface area contributed by atoms with Crippen LogP contribution in [-0.2, 0) is 4.79 Å². The summed E-state index contributed by atoms with van der Waals surface area (Å²) in [7, 11) is 0. The average Bonchev–Trinajstić information content (AvgIpc) is 3.25. The van der Waals surface area contributed by atoms with Crippen LogP contribution in [0.4, 0.5) is 11.5 Å². The molecule has 8 heteroatoms. The number of benzene rings is 1. The zero-order chi connectivity index (χ0) is 22.0. The third kappa shape index (κ3) is 4.27. The number of nitrogens with zero attached hydrogens (tertiary/aromatic N) is 4. The average molecular weight is 409 g/mol. The van der Waals surface area contributed by atoms with Gasteiger partial charge in [0.05, 0.1) is 22.8 Å². The van der Waals surface area contributed by atoms with Gasteiger partial charge in [-0.25, -0.2) is 4.68 Å². The van der Waals surface area contributed by atoms with Gasteiger partial charge < -0.3 is 10.6 Å². The van der Waals surface area contributed by atoms with Crippen LogP contribution in [0.5, 0.6) is 0 Å². The molecule has 0 bridgehead atoms. The van der Waals surface area contributed by atoms with Crippen molar-refractivity contribution in [1.82, 2.24) is 19.6 Å². The molecule has 3 aromatic rings. The summed E-state index contributed by atoms with van der Waals surface area (Å²) in [5, 5.41) is 14.7. The van der Waals surface area contributed by atoms with Crippen LogP contribution in [0.2, 0.25) is 0 Å². The highest BCUT2D eigenvalue weighted by Gasteiger charge is 2.21. The Labute approximate surface area is 176 Å². The van der Waals surface area contributed by atoms with E-state index in [1.165, 1.54) is 0 Å². The minimum atomic E-state index is -0.362. The van der Waals surface area contributed by atoms with Gasteiger partial charge in [0.25, 0.3) is 5.91 Å². The Bertz CT molecular complexity index is 1060. The smallest absolute Gasteiger partial charge is 0.276 e. The highest BCUT2D eigenvalue weighted by Crippen LogP contribution is 2.24. The molecule has 0 saturated heterocycles. The van der Waals surface area contributed by atoms with Gasteiger partial charge in [-0.1, -0.05) is 32.0 Å². The van der Waals surface area contributed by atoms with Crippen LogP contribution in [0.1, 0.15) is 55.6 Å². The summed E-state index contributed by atoms with van der Waals surface area (Å²) < 4.78 is 3.44. The second-order valence-corrected chi connectivity index (χ2v) is 7.84. The first-order valence-electron chi connectivity index (χ1n) is 10.0. The summed E-state index contributed by atoms with van der Waals surface area (Å²) in [4.78, 5) is 25.2. The van der Waals surface area contributed by atoms with E-state index in [2.05, 4.69) is 20.8 Å². The maximum Gasteiger partial charge on any atom is 0.276 e. The number of anilines is 2. The summed E-state index contributed by atoms with van der Waals surface area (Å²) in [5.41, 5.74) is 3.25. The zero-order valence-electron chi connectivity index (χ0n) is 18.2. The molecule has 2 aromatic heterocycles. The van der Waals surface area contributed by atoms with Gasteiger partial charge >= 0.3 is 0 Å². The van der Waals surface area contributed by atoms with Crippen molar-refractivity contribution in [2.24, 2.45) is 5.92 Å². The quantitative estimate of drug-likeness (QED) is 0.642. The lowest BCUT2D eigenvalue weighted by molar-refractivity contribution is -0.118. The summed E-state index contributed by atoms with van der Waals surface area (Å²) in [6, 6.07) is 11.1. The Balaban J connectivity index is 1.95. The third-order valence-corrected chi connectivity index (χ3v) is 4.77. The van der Waals surface area contributed by atoms with Crippen molar-refractivity contribution in [1.29, 1.82) is 0 Å². The Morgan fingerprint density at radius 2 is 1.63 bits per heavy atom.